The lowest BCUT2D eigenvalue weighted by Crippen LogP contribution is -2.33. The SMILES string of the molecule is CCCN(Cc1ccco1)C1CCCC1. The van der Waals surface area contributed by atoms with Crippen LogP contribution in [0.4, 0.5) is 0 Å². The molecule has 84 valence electrons. The zero-order valence-corrected chi connectivity index (χ0v) is 9.61. The maximum atomic E-state index is 5.43. The van der Waals surface area contributed by atoms with Crippen molar-refractivity contribution < 1.29 is 4.42 Å². The summed E-state index contributed by atoms with van der Waals surface area (Å²) in [6.45, 7) is 4.45. The van der Waals surface area contributed by atoms with Gasteiger partial charge in [0, 0.05) is 6.04 Å². The normalized spacial score (nSPS) is 17.7. The predicted molar refractivity (Wildman–Crippen MR) is 61.7 cm³/mol. The summed E-state index contributed by atoms with van der Waals surface area (Å²) in [7, 11) is 0. The first kappa shape index (κ1) is 10.7. The molecule has 0 amide bonds. The fraction of sp³-hybridized carbons (Fsp3) is 0.692. The molecule has 0 spiro atoms. The largest absolute Gasteiger partial charge is 0.468 e. The van der Waals surface area contributed by atoms with E-state index >= 15 is 0 Å². The van der Waals surface area contributed by atoms with E-state index < -0.39 is 0 Å². The second kappa shape index (κ2) is 5.36. The Balaban J connectivity index is 1.93. The van der Waals surface area contributed by atoms with Crippen LogP contribution in [-0.2, 0) is 6.54 Å². The van der Waals surface area contributed by atoms with Gasteiger partial charge in [0.1, 0.15) is 5.76 Å². The van der Waals surface area contributed by atoms with Gasteiger partial charge in [0.2, 0.25) is 0 Å². The molecule has 2 nitrogen and oxygen atoms in total. The van der Waals surface area contributed by atoms with E-state index in [4.69, 9.17) is 4.42 Å². The number of nitrogens with zero attached hydrogens (tertiary/aromatic N) is 1. The molecule has 1 aromatic rings. The van der Waals surface area contributed by atoms with Gasteiger partial charge in [0.25, 0.3) is 0 Å². The molecular weight excluding hydrogens is 186 g/mol. The van der Waals surface area contributed by atoms with E-state index in [0.717, 1.165) is 18.3 Å². The molecule has 1 heterocycles. The molecule has 0 aliphatic heterocycles. The van der Waals surface area contributed by atoms with Crippen molar-refractivity contribution in [3.05, 3.63) is 24.2 Å². The average molecular weight is 207 g/mol. The van der Waals surface area contributed by atoms with Gasteiger partial charge in [0.05, 0.1) is 12.8 Å². The van der Waals surface area contributed by atoms with Crippen LogP contribution in [0, 0.1) is 0 Å². The van der Waals surface area contributed by atoms with Crippen molar-refractivity contribution in [2.75, 3.05) is 6.54 Å². The molecule has 2 rings (SSSR count). The van der Waals surface area contributed by atoms with Crippen molar-refractivity contribution in [1.82, 2.24) is 4.90 Å². The molecule has 15 heavy (non-hydrogen) atoms. The third-order valence-corrected chi connectivity index (χ3v) is 3.29. The quantitative estimate of drug-likeness (QED) is 0.735. The van der Waals surface area contributed by atoms with Gasteiger partial charge in [0.15, 0.2) is 0 Å². The van der Waals surface area contributed by atoms with Gasteiger partial charge < -0.3 is 4.42 Å². The summed E-state index contributed by atoms with van der Waals surface area (Å²) in [6.07, 6.45) is 8.57. The first-order chi connectivity index (χ1) is 7.40. The van der Waals surface area contributed by atoms with Crippen LogP contribution in [0.15, 0.2) is 22.8 Å². The van der Waals surface area contributed by atoms with Gasteiger partial charge in [-0.25, -0.2) is 0 Å². The fourth-order valence-corrected chi connectivity index (χ4v) is 2.55. The van der Waals surface area contributed by atoms with Crippen LogP contribution in [0.2, 0.25) is 0 Å². The van der Waals surface area contributed by atoms with E-state index in [1.54, 1.807) is 6.26 Å². The van der Waals surface area contributed by atoms with Crippen LogP contribution in [0.25, 0.3) is 0 Å². The van der Waals surface area contributed by atoms with E-state index in [-0.39, 0.29) is 0 Å². The zero-order valence-electron chi connectivity index (χ0n) is 9.61. The van der Waals surface area contributed by atoms with Crippen molar-refractivity contribution in [2.45, 2.75) is 51.6 Å². The summed E-state index contributed by atoms with van der Waals surface area (Å²) in [5.41, 5.74) is 0. The third kappa shape index (κ3) is 2.85. The van der Waals surface area contributed by atoms with Crippen LogP contribution >= 0.6 is 0 Å². The molecule has 1 fully saturated rings. The Morgan fingerprint density at radius 3 is 2.80 bits per heavy atom. The lowest BCUT2D eigenvalue weighted by molar-refractivity contribution is 0.176. The molecule has 0 unspecified atom stereocenters. The average Bonchev–Trinajstić information content (AvgIpc) is 2.89. The highest BCUT2D eigenvalue weighted by Crippen LogP contribution is 2.25. The maximum absolute atomic E-state index is 5.43. The van der Waals surface area contributed by atoms with Gasteiger partial charge in [-0.3, -0.25) is 4.90 Å². The Morgan fingerprint density at radius 1 is 1.40 bits per heavy atom. The summed E-state index contributed by atoms with van der Waals surface area (Å²) >= 11 is 0. The van der Waals surface area contributed by atoms with Crippen molar-refractivity contribution >= 4 is 0 Å². The fourth-order valence-electron chi connectivity index (χ4n) is 2.55. The molecule has 0 N–H and O–H groups in total. The minimum absolute atomic E-state index is 0.801. The van der Waals surface area contributed by atoms with Gasteiger partial charge in [-0.2, -0.15) is 0 Å². The predicted octanol–water partition coefficient (Wildman–Crippen LogP) is 3.43. The third-order valence-electron chi connectivity index (χ3n) is 3.29. The van der Waals surface area contributed by atoms with Gasteiger partial charge >= 0.3 is 0 Å². The number of rotatable bonds is 5. The lowest BCUT2D eigenvalue weighted by Gasteiger charge is -2.27. The topological polar surface area (TPSA) is 16.4 Å². The highest BCUT2D eigenvalue weighted by Gasteiger charge is 2.22. The lowest BCUT2D eigenvalue weighted by atomic mass is 10.2. The Morgan fingerprint density at radius 2 is 2.20 bits per heavy atom. The number of hydrogen-bond donors (Lipinski definition) is 0. The Hall–Kier alpha value is -0.760. The van der Waals surface area contributed by atoms with Crippen molar-refractivity contribution in [1.29, 1.82) is 0 Å². The Bertz CT molecular complexity index is 262. The Labute approximate surface area is 92.3 Å². The minimum Gasteiger partial charge on any atom is -0.468 e. The number of furan rings is 1. The molecule has 0 radical (unpaired) electrons. The van der Waals surface area contributed by atoms with Gasteiger partial charge in [-0.1, -0.05) is 19.8 Å². The molecule has 1 aliphatic carbocycles. The second-order valence-corrected chi connectivity index (χ2v) is 4.49. The molecule has 1 aliphatic rings. The second-order valence-electron chi connectivity index (χ2n) is 4.49. The van der Waals surface area contributed by atoms with E-state index in [0.29, 0.717) is 0 Å². The standard InChI is InChI=1S/C13H21NO/c1-2-9-14(12-6-3-4-7-12)11-13-8-5-10-15-13/h5,8,10,12H,2-4,6-7,9,11H2,1H3. The van der Waals surface area contributed by atoms with Crippen LogP contribution < -0.4 is 0 Å². The van der Waals surface area contributed by atoms with E-state index in [9.17, 15) is 0 Å². The summed E-state index contributed by atoms with van der Waals surface area (Å²) in [5.74, 6) is 1.11. The molecular formula is C13H21NO. The van der Waals surface area contributed by atoms with Crippen molar-refractivity contribution in [2.24, 2.45) is 0 Å². The summed E-state index contributed by atoms with van der Waals surface area (Å²) in [5, 5.41) is 0. The molecule has 0 atom stereocenters. The van der Waals surface area contributed by atoms with Crippen LogP contribution in [0.3, 0.4) is 0 Å². The smallest absolute Gasteiger partial charge is 0.117 e. The Kier molecular flexibility index (Phi) is 3.84. The first-order valence-electron chi connectivity index (χ1n) is 6.16. The molecule has 2 heteroatoms. The van der Waals surface area contributed by atoms with E-state index in [2.05, 4.69) is 17.9 Å². The maximum Gasteiger partial charge on any atom is 0.117 e. The number of hydrogen-bond acceptors (Lipinski definition) is 2. The van der Waals surface area contributed by atoms with Crippen LogP contribution in [-0.4, -0.2) is 17.5 Å². The van der Waals surface area contributed by atoms with Crippen molar-refractivity contribution in [3.63, 3.8) is 0 Å². The van der Waals surface area contributed by atoms with Crippen LogP contribution in [0.5, 0.6) is 0 Å². The van der Waals surface area contributed by atoms with E-state index in [1.165, 1.54) is 38.6 Å². The molecule has 1 saturated carbocycles. The highest BCUT2D eigenvalue weighted by atomic mass is 16.3. The summed E-state index contributed by atoms with van der Waals surface area (Å²) < 4.78 is 5.43. The van der Waals surface area contributed by atoms with Gasteiger partial charge in [-0.05, 0) is 37.9 Å². The molecule has 0 saturated heterocycles. The van der Waals surface area contributed by atoms with Gasteiger partial charge in [-0.15, -0.1) is 0 Å². The minimum atomic E-state index is 0.801. The molecule has 0 bridgehead atoms. The summed E-state index contributed by atoms with van der Waals surface area (Å²) in [4.78, 5) is 2.59. The van der Waals surface area contributed by atoms with E-state index in [1.807, 2.05) is 6.07 Å². The first-order valence-corrected chi connectivity index (χ1v) is 6.16. The molecule has 0 aromatic carbocycles. The highest BCUT2D eigenvalue weighted by molar-refractivity contribution is 4.98. The van der Waals surface area contributed by atoms with Crippen molar-refractivity contribution in [3.8, 4) is 0 Å². The summed E-state index contributed by atoms with van der Waals surface area (Å²) in [6, 6.07) is 4.86. The van der Waals surface area contributed by atoms with Crippen LogP contribution in [0.1, 0.15) is 44.8 Å². The monoisotopic (exact) mass is 207 g/mol. The zero-order chi connectivity index (χ0) is 10.5. The molecule has 1 aromatic heterocycles.